The number of hydrogen-bond donors (Lipinski definition) is 2. The summed E-state index contributed by atoms with van der Waals surface area (Å²) in [4.78, 5) is 38.3. The SMILES string of the molecule is C[C@@H]1CC[C@@H](C)N1C(=O)CN1CC(C)(C)OC[C@H]1C(=O)Nc1cc(Cl)cc2c1[nH]c1cnccc12. The normalized spacial score (nSPS) is 24.8. The number of amides is 2. The predicted octanol–water partition coefficient (Wildman–Crippen LogP) is 4.19. The summed E-state index contributed by atoms with van der Waals surface area (Å²) in [5.41, 5.74) is 1.79. The van der Waals surface area contributed by atoms with Crippen molar-refractivity contribution in [1.29, 1.82) is 0 Å². The van der Waals surface area contributed by atoms with Crippen molar-refractivity contribution < 1.29 is 14.3 Å². The van der Waals surface area contributed by atoms with Crippen molar-refractivity contribution in [3.8, 4) is 0 Å². The average Bonchev–Trinajstić information content (AvgIpc) is 3.32. The Morgan fingerprint density at radius 1 is 1.23 bits per heavy atom. The first-order valence-electron chi connectivity index (χ1n) is 12.2. The number of rotatable bonds is 4. The zero-order chi connectivity index (χ0) is 24.9. The van der Waals surface area contributed by atoms with Crippen LogP contribution >= 0.6 is 11.6 Å². The van der Waals surface area contributed by atoms with E-state index in [4.69, 9.17) is 16.3 Å². The predicted molar refractivity (Wildman–Crippen MR) is 138 cm³/mol. The zero-order valence-corrected chi connectivity index (χ0v) is 21.4. The lowest BCUT2D eigenvalue weighted by molar-refractivity contribution is -0.151. The maximum absolute atomic E-state index is 13.6. The first-order chi connectivity index (χ1) is 16.6. The Morgan fingerprint density at radius 3 is 2.71 bits per heavy atom. The van der Waals surface area contributed by atoms with Gasteiger partial charge in [0, 0.05) is 40.6 Å². The highest BCUT2D eigenvalue weighted by Gasteiger charge is 2.40. The number of aromatic nitrogens is 2. The minimum absolute atomic E-state index is 0.0614. The van der Waals surface area contributed by atoms with Crippen molar-refractivity contribution >= 4 is 50.9 Å². The first kappa shape index (κ1) is 24.0. The molecule has 1 aromatic carbocycles. The molecule has 0 saturated carbocycles. The fourth-order valence-corrected chi connectivity index (χ4v) is 5.75. The Kier molecular flexibility index (Phi) is 6.23. The second-order valence-electron chi connectivity index (χ2n) is 10.5. The summed E-state index contributed by atoms with van der Waals surface area (Å²) in [5.74, 6) is -0.164. The van der Waals surface area contributed by atoms with Crippen molar-refractivity contribution in [2.45, 2.75) is 64.3 Å². The van der Waals surface area contributed by atoms with Crippen LogP contribution in [-0.4, -0.2) is 75.0 Å². The number of hydrogen-bond acceptors (Lipinski definition) is 5. The van der Waals surface area contributed by atoms with Gasteiger partial charge >= 0.3 is 0 Å². The van der Waals surface area contributed by atoms with Gasteiger partial charge in [-0.2, -0.15) is 0 Å². The van der Waals surface area contributed by atoms with E-state index in [1.165, 1.54) is 0 Å². The fourth-order valence-electron chi connectivity index (χ4n) is 5.54. The number of anilines is 1. The third-order valence-corrected chi connectivity index (χ3v) is 7.49. The number of carbonyl (C=O) groups is 2. The highest BCUT2D eigenvalue weighted by molar-refractivity contribution is 6.33. The largest absolute Gasteiger partial charge is 0.372 e. The topological polar surface area (TPSA) is 90.6 Å². The Bertz CT molecular complexity index is 1280. The van der Waals surface area contributed by atoms with E-state index < -0.39 is 11.6 Å². The van der Waals surface area contributed by atoms with Gasteiger partial charge in [0.1, 0.15) is 6.04 Å². The minimum atomic E-state index is -0.597. The Balaban J connectivity index is 1.41. The highest BCUT2D eigenvalue weighted by Crippen LogP contribution is 2.34. The standard InChI is InChI=1S/C26H32ClN5O3/c1-15-5-6-16(2)32(15)23(33)12-31-14-26(3,4)35-13-22(31)25(34)30-20-10-17(27)9-19-18-7-8-28-11-21(18)29-24(19)20/h7-11,15-16,22,29H,5-6,12-14H2,1-4H3,(H,30,34)/t15-,16-,22+/m1/s1. The summed E-state index contributed by atoms with van der Waals surface area (Å²) in [6.07, 6.45) is 5.50. The summed E-state index contributed by atoms with van der Waals surface area (Å²) in [6.45, 7) is 9.03. The van der Waals surface area contributed by atoms with Gasteiger partial charge in [-0.3, -0.25) is 19.5 Å². The lowest BCUT2D eigenvalue weighted by Crippen LogP contribution is -2.60. The monoisotopic (exact) mass is 497 g/mol. The van der Waals surface area contributed by atoms with E-state index in [2.05, 4.69) is 29.1 Å². The molecule has 2 aromatic heterocycles. The number of nitrogens with one attached hydrogen (secondary N) is 2. The number of halogens is 1. The molecule has 9 heteroatoms. The van der Waals surface area contributed by atoms with E-state index in [9.17, 15) is 9.59 Å². The summed E-state index contributed by atoms with van der Waals surface area (Å²) < 4.78 is 6.01. The van der Waals surface area contributed by atoms with Gasteiger partial charge in [-0.1, -0.05) is 11.6 Å². The van der Waals surface area contributed by atoms with Gasteiger partial charge in [-0.25, -0.2) is 0 Å². The molecule has 3 aromatic rings. The summed E-state index contributed by atoms with van der Waals surface area (Å²) in [6, 6.07) is 5.37. The zero-order valence-electron chi connectivity index (χ0n) is 20.6. The summed E-state index contributed by atoms with van der Waals surface area (Å²) in [7, 11) is 0. The lowest BCUT2D eigenvalue weighted by Gasteiger charge is -2.43. The van der Waals surface area contributed by atoms with Crippen LogP contribution in [0.3, 0.4) is 0 Å². The summed E-state index contributed by atoms with van der Waals surface area (Å²) in [5, 5.41) is 5.47. The van der Waals surface area contributed by atoms with E-state index in [0.717, 1.165) is 34.6 Å². The number of likely N-dealkylation sites (tertiary alicyclic amines) is 1. The molecule has 35 heavy (non-hydrogen) atoms. The van der Waals surface area contributed by atoms with Gasteiger partial charge in [-0.05, 0) is 58.7 Å². The number of ether oxygens (including phenoxy) is 1. The highest BCUT2D eigenvalue weighted by atomic mass is 35.5. The molecule has 2 aliphatic rings. The molecule has 2 saturated heterocycles. The van der Waals surface area contributed by atoms with Crippen LogP contribution in [0.25, 0.3) is 21.8 Å². The number of benzene rings is 1. The molecule has 2 N–H and O–H groups in total. The third-order valence-electron chi connectivity index (χ3n) is 7.27. The summed E-state index contributed by atoms with van der Waals surface area (Å²) >= 11 is 6.42. The van der Waals surface area contributed by atoms with Crippen LogP contribution in [0.4, 0.5) is 5.69 Å². The second kappa shape index (κ2) is 9.08. The van der Waals surface area contributed by atoms with Crippen LogP contribution in [0.1, 0.15) is 40.5 Å². The van der Waals surface area contributed by atoms with Crippen LogP contribution < -0.4 is 5.32 Å². The van der Waals surface area contributed by atoms with Crippen molar-refractivity contribution in [1.82, 2.24) is 19.8 Å². The molecule has 0 spiro atoms. The molecule has 5 rings (SSSR count). The fraction of sp³-hybridized carbons (Fsp3) is 0.500. The van der Waals surface area contributed by atoms with E-state index in [1.807, 2.05) is 35.8 Å². The average molecular weight is 498 g/mol. The lowest BCUT2D eigenvalue weighted by atomic mass is 10.0. The molecule has 8 nitrogen and oxygen atoms in total. The number of H-pyrrole nitrogens is 1. The molecule has 3 atom stereocenters. The quantitative estimate of drug-likeness (QED) is 0.564. The van der Waals surface area contributed by atoms with Crippen molar-refractivity contribution in [2.75, 3.05) is 25.0 Å². The molecule has 4 heterocycles. The van der Waals surface area contributed by atoms with Crippen LogP contribution in [0.5, 0.6) is 0 Å². The minimum Gasteiger partial charge on any atom is -0.372 e. The van der Waals surface area contributed by atoms with Crippen molar-refractivity contribution in [3.05, 3.63) is 35.6 Å². The molecule has 2 amide bonds. The van der Waals surface area contributed by atoms with E-state index >= 15 is 0 Å². The molecule has 0 radical (unpaired) electrons. The van der Waals surface area contributed by atoms with Crippen LogP contribution in [-0.2, 0) is 14.3 Å². The number of carbonyl (C=O) groups excluding carboxylic acids is 2. The Labute approximate surface area is 209 Å². The second-order valence-corrected chi connectivity index (χ2v) is 10.9. The molecule has 2 aliphatic heterocycles. The molecule has 2 fully saturated rings. The smallest absolute Gasteiger partial charge is 0.244 e. The number of aromatic amines is 1. The molecule has 0 aliphatic carbocycles. The molecule has 186 valence electrons. The maximum Gasteiger partial charge on any atom is 0.244 e. The molecular formula is C26H32ClN5O3. The van der Waals surface area contributed by atoms with E-state index in [0.29, 0.717) is 17.3 Å². The van der Waals surface area contributed by atoms with E-state index in [-0.39, 0.29) is 37.0 Å². The number of fused-ring (bicyclic) bond motifs is 3. The number of pyridine rings is 1. The van der Waals surface area contributed by atoms with Gasteiger partial charge in [0.25, 0.3) is 0 Å². The number of morpholine rings is 1. The van der Waals surface area contributed by atoms with Gasteiger partial charge in [-0.15, -0.1) is 0 Å². The van der Waals surface area contributed by atoms with Gasteiger partial charge in [0.2, 0.25) is 11.8 Å². The van der Waals surface area contributed by atoms with Gasteiger partial charge in [0.05, 0.1) is 41.7 Å². The molecular weight excluding hydrogens is 466 g/mol. The van der Waals surface area contributed by atoms with Crippen molar-refractivity contribution in [3.63, 3.8) is 0 Å². The third kappa shape index (κ3) is 4.62. The molecule has 0 bridgehead atoms. The van der Waals surface area contributed by atoms with Crippen LogP contribution in [0, 0.1) is 0 Å². The Hall–Kier alpha value is -2.68. The van der Waals surface area contributed by atoms with Gasteiger partial charge < -0.3 is 19.9 Å². The van der Waals surface area contributed by atoms with Crippen molar-refractivity contribution in [2.24, 2.45) is 0 Å². The van der Waals surface area contributed by atoms with Crippen LogP contribution in [0.2, 0.25) is 5.02 Å². The Morgan fingerprint density at radius 2 is 1.97 bits per heavy atom. The van der Waals surface area contributed by atoms with E-state index in [1.54, 1.807) is 18.5 Å². The maximum atomic E-state index is 13.6. The van der Waals surface area contributed by atoms with Gasteiger partial charge in [0.15, 0.2) is 0 Å². The first-order valence-corrected chi connectivity index (χ1v) is 12.6. The number of nitrogens with zero attached hydrogens (tertiary/aromatic N) is 3. The van der Waals surface area contributed by atoms with Crippen LogP contribution in [0.15, 0.2) is 30.6 Å². The molecule has 0 unspecified atom stereocenters.